The van der Waals surface area contributed by atoms with Crippen molar-refractivity contribution in [1.82, 2.24) is 10.2 Å². The molecule has 0 bridgehead atoms. The molecule has 2 N–H and O–H groups in total. The third-order valence-corrected chi connectivity index (χ3v) is 4.70. The zero-order chi connectivity index (χ0) is 18.0. The summed E-state index contributed by atoms with van der Waals surface area (Å²) >= 11 is 0. The fraction of sp³-hybridized carbons (Fsp3) is 0.588. The van der Waals surface area contributed by atoms with Crippen molar-refractivity contribution in [2.75, 3.05) is 19.6 Å². The minimum absolute atomic E-state index is 0.106. The molecule has 1 saturated heterocycles. The smallest absolute Gasteiger partial charge is 0.380 e. The van der Waals surface area contributed by atoms with Gasteiger partial charge in [-0.1, -0.05) is 18.2 Å². The van der Waals surface area contributed by atoms with Crippen molar-refractivity contribution in [3.05, 3.63) is 34.9 Å². The molecular formula is C17H23F3N2O2. The van der Waals surface area contributed by atoms with Gasteiger partial charge in [0.25, 0.3) is 0 Å². The van der Waals surface area contributed by atoms with Crippen molar-refractivity contribution in [3.63, 3.8) is 0 Å². The van der Waals surface area contributed by atoms with Crippen molar-refractivity contribution < 1.29 is 23.1 Å². The lowest BCUT2D eigenvalue weighted by Crippen LogP contribution is -2.55. The Hall–Kier alpha value is -1.76. The Morgan fingerprint density at radius 2 is 1.79 bits per heavy atom. The molecule has 0 unspecified atom stereocenters. The van der Waals surface area contributed by atoms with Crippen molar-refractivity contribution in [2.45, 2.75) is 44.9 Å². The minimum Gasteiger partial charge on any atom is -0.380 e. The molecule has 0 radical (unpaired) electrons. The maximum atomic E-state index is 12.8. The summed E-state index contributed by atoms with van der Waals surface area (Å²) in [6, 6.07) is 5.60. The largest absolute Gasteiger partial charge is 0.417 e. The first-order valence-electron chi connectivity index (χ1n) is 8.01. The molecule has 134 valence electrons. The summed E-state index contributed by atoms with van der Waals surface area (Å²) in [7, 11) is 0. The number of carbonyl (C=O) groups is 1. The summed E-state index contributed by atoms with van der Waals surface area (Å²) in [5, 5.41) is 12.4. The summed E-state index contributed by atoms with van der Waals surface area (Å²) in [4.78, 5) is 13.4. The molecule has 0 aromatic heterocycles. The van der Waals surface area contributed by atoms with E-state index in [1.54, 1.807) is 0 Å². The van der Waals surface area contributed by atoms with E-state index in [1.807, 2.05) is 32.0 Å². The molecule has 0 spiro atoms. The number of carbonyl (C=O) groups excluding carboxylic acids is 1. The first kappa shape index (κ1) is 18.6. The predicted molar refractivity (Wildman–Crippen MR) is 84.8 cm³/mol. The van der Waals surface area contributed by atoms with Gasteiger partial charge in [0.05, 0.1) is 0 Å². The molecule has 1 aromatic rings. The van der Waals surface area contributed by atoms with E-state index in [-0.39, 0.29) is 19.1 Å². The number of alkyl halides is 3. The van der Waals surface area contributed by atoms with Crippen LogP contribution in [0.2, 0.25) is 0 Å². The molecule has 1 heterocycles. The fourth-order valence-electron chi connectivity index (χ4n) is 3.01. The van der Waals surface area contributed by atoms with Gasteiger partial charge in [-0.05, 0) is 37.0 Å². The number of nitrogens with one attached hydrogen (secondary N) is 1. The Morgan fingerprint density at radius 1 is 1.25 bits per heavy atom. The molecule has 24 heavy (non-hydrogen) atoms. The van der Waals surface area contributed by atoms with E-state index < -0.39 is 24.6 Å². The molecule has 1 aliphatic rings. The van der Waals surface area contributed by atoms with Gasteiger partial charge in [-0.2, -0.15) is 13.2 Å². The first-order valence-corrected chi connectivity index (χ1v) is 8.01. The highest BCUT2D eigenvalue weighted by molar-refractivity contribution is 5.74. The average Bonchev–Trinajstić information content (AvgIpc) is 2.49. The molecule has 0 saturated carbocycles. The Bertz CT molecular complexity index is 574. The van der Waals surface area contributed by atoms with E-state index in [2.05, 4.69) is 5.32 Å². The molecule has 2 rings (SSSR count). The number of benzene rings is 1. The summed E-state index contributed by atoms with van der Waals surface area (Å²) in [6.45, 7) is 4.22. The van der Waals surface area contributed by atoms with Gasteiger partial charge in [-0.3, -0.25) is 0 Å². The van der Waals surface area contributed by atoms with Crippen LogP contribution >= 0.6 is 0 Å². The lowest BCUT2D eigenvalue weighted by molar-refractivity contribution is -0.271. The van der Waals surface area contributed by atoms with Crippen LogP contribution in [0, 0.1) is 13.8 Å². The molecule has 2 amide bonds. The van der Waals surface area contributed by atoms with Gasteiger partial charge < -0.3 is 15.3 Å². The molecule has 0 aliphatic carbocycles. The number of likely N-dealkylation sites (tertiary alicyclic amines) is 1. The number of aliphatic hydroxyl groups is 1. The Kier molecular flexibility index (Phi) is 5.42. The van der Waals surface area contributed by atoms with Gasteiger partial charge in [0, 0.05) is 32.5 Å². The topological polar surface area (TPSA) is 52.6 Å². The molecule has 1 fully saturated rings. The zero-order valence-corrected chi connectivity index (χ0v) is 13.9. The van der Waals surface area contributed by atoms with Crippen molar-refractivity contribution in [3.8, 4) is 0 Å². The summed E-state index contributed by atoms with van der Waals surface area (Å²) in [6.07, 6.45) is -4.95. The maximum absolute atomic E-state index is 12.8. The second kappa shape index (κ2) is 7.01. The number of nitrogens with zero attached hydrogens (tertiary/aromatic N) is 1. The van der Waals surface area contributed by atoms with Crippen LogP contribution < -0.4 is 5.32 Å². The van der Waals surface area contributed by atoms with Gasteiger partial charge in [-0.25, -0.2) is 4.79 Å². The van der Waals surface area contributed by atoms with Gasteiger partial charge in [-0.15, -0.1) is 0 Å². The van der Waals surface area contributed by atoms with Crippen molar-refractivity contribution >= 4 is 6.03 Å². The van der Waals surface area contributed by atoms with Crippen molar-refractivity contribution in [2.24, 2.45) is 0 Å². The number of urea groups is 1. The molecule has 7 heteroatoms. The highest BCUT2D eigenvalue weighted by Crippen LogP contribution is 2.38. The van der Waals surface area contributed by atoms with Gasteiger partial charge >= 0.3 is 12.2 Å². The summed E-state index contributed by atoms with van der Waals surface area (Å²) in [5.41, 5.74) is 0.792. The Labute approximate surface area is 139 Å². The second-order valence-corrected chi connectivity index (χ2v) is 6.37. The third-order valence-electron chi connectivity index (χ3n) is 4.70. The van der Waals surface area contributed by atoms with E-state index in [4.69, 9.17) is 0 Å². The zero-order valence-electron chi connectivity index (χ0n) is 13.9. The van der Waals surface area contributed by atoms with E-state index in [1.165, 1.54) is 10.5 Å². The van der Waals surface area contributed by atoms with Crippen LogP contribution in [0.4, 0.5) is 18.0 Å². The second-order valence-electron chi connectivity index (χ2n) is 6.37. The van der Waals surface area contributed by atoms with E-state index in [0.29, 0.717) is 13.0 Å². The number of hydrogen-bond acceptors (Lipinski definition) is 2. The molecule has 0 atom stereocenters. The van der Waals surface area contributed by atoms with Gasteiger partial charge in [0.15, 0.2) is 5.60 Å². The molecule has 4 nitrogen and oxygen atoms in total. The fourth-order valence-corrected chi connectivity index (χ4v) is 3.01. The van der Waals surface area contributed by atoms with Crippen LogP contribution in [0.3, 0.4) is 0 Å². The van der Waals surface area contributed by atoms with Crippen LogP contribution in [0.25, 0.3) is 0 Å². The Balaban J connectivity index is 1.82. The van der Waals surface area contributed by atoms with E-state index in [0.717, 1.165) is 11.1 Å². The highest BCUT2D eigenvalue weighted by atomic mass is 19.4. The van der Waals surface area contributed by atoms with Crippen LogP contribution in [0.5, 0.6) is 0 Å². The number of piperidine rings is 1. The first-order chi connectivity index (χ1) is 11.1. The average molecular weight is 344 g/mol. The number of halogens is 3. The molecular weight excluding hydrogens is 321 g/mol. The van der Waals surface area contributed by atoms with Crippen LogP contribution in [-0.2, 0) is 6.42 Å². The summed E-state index contributed by atoms with van der Waals surface area (Å²) < 4.78 is 38.3. The Morgan fingerprint density at radius 3 is 2.29 bits per heavy atom. The third kappa shape index (κ3) is 4.01. The van der Waals surface area contributed by atoms with Crippen LogP contribution in [0.1, 0.15) is 29.5 Å². The van der Waals surface area contributed by atoms with E-state index in [9.17, 15) is 23.1 Å². The monoisotopic (exact) mass is 344 g/mol. The van der Waals surface area contributed by atoms with Gasteiger partial charge in [0.2, 0.25) is 0 Å². The number of aryl methyl sites for hydroxylation is 2. The lowest BCUT2D eigenvalue weighted by atomic mass is 9.91. The van der Waals surface area contributed by atoms with E-state index >= 15 is 0 Å². The quantitative estimate of drug-likeness (QED) is 0.886. The SMILES string of the molecule is Cc1cccc(C)c1CCNC(=O)N1CCC(O)(C(F)(F)F)CC1. The number of rotatable bonds is 3. The van der Waals surface area contributed by atoms with Crippen molar-refractivity contribution in [1.29, 1.82) is 0 Å². The minimum atomic E-state index is -4.65. The molecule has 1 aromatic carbocycles. The number of amides is 2. The lowest BCUT2D eigenvalue weighted by Gasteiger charge is -2.39. The number of hydrogen-bond donors (Lipinski definition) is 2. The summed E-state index contributed by atoms with van der Waals surface area (Å²) in [5.74, 6) is 0. The van der Waals surface area contributed by atoms with Crippen LogP contribution in [0.15, 0.2) is 18.2 Å². The maximum Gasteiger partial charge on any atom is 0.417 e. The van der Waals surface area contributed by atoms with Gasteiger partial charge in [0.1, 0.15) is 0 Å². The highest BCUT2D eigenvalue weighted by Gasteiger charge is 2.54. The van der Waals surface area contributed by atoms with Crippen LogP contribution in [-0.4, -0.2) is 47.4 Å². The predicted octanol–water partition coefficient (Wildman–Crippen LogP) is 2.94. The normalized spacial score (nSPS) is 17.7. The standard InChI is InChI=1S/C17H23F3N2O2/c1-12-4-3-5-13(2)14(12)6-9-21-15(23)22-10-7-16(24,8-11-22)17(18,19)20/h3-5,24H,6-11H2,1-2H3,(H,21,23). The molecule has 1 aliphatic heterocycles.